The number of nitrogens with one attached hydrogen (secondary N) is 1. The van der Waals surface area contributed by atoms with Crippen LogP contribution in [0.2, 0.25) is 5.02 Å². The van der Waals surface area contributed by atoms with Crippen molar-refractivity contribution in [2.45, 2.75) is 6.29 Å². The molecule has 0 aliphatic carbocycles. The number of rotatable bonds is 5. The molecule has 0 heterocycles. The number of hydrogen-bond donors (Lipinski definition) is 1. The van der Waals surface area contributed by atoms with Crippen LogP contribution < -0.4 is 5.32 Å². The monoisotopic (exact) mass is 240 g/mol. The summed E-state index contributed by atoms with van der Waals surface area (Å²) in [5.74, 6) is 0. The first-order chi connectivity index (χ1) is 7.71. The third-order valence-corrected chi connectivity index (χ3v) is 2.32. The minimum absolute atomic E-state index is 0.356. The third kappa shape index (κ3) is 3.38. The van der Waals surface area contributed by atoms with Crippen molar-refractivity contribution in [2.75, 3.05) is 26.1 Å². The van der Waals surface area contributed by atoms with Crippen LogP contribution in [-0.4, -0.2) is 27.1 Å². The van der Waals surface area contributed by atoms with Crippen LogP contribution in [0, 0.1) is 11.3 Å². The summed E-state index contributed by atoms with van der Waals surface area (Å²) in [6.07, 6.45) is -0.356. The lowest BCUT2D eigenvalue weighted by molar-refractivity contribution is -0.0914. The van der Waals surface area contributed by atoms with Crippen molar-refractivity contribution in [1.29, 1.82) is 5.26 Å². The summed E-state index contributed by atoms with van der Waals surface area (Å²) in [7, 11) is 3.11. The lowest BCUT2D eigenvalue weighted by Gasteiger charge is -2.15. The lowest BCUT2D eigenvalue weighted by Crippen LogP contribution is -2.23. The van der Waals surface area contributed by atoms with E-state index >= 15 is 0 Å². The molecule has 1 aromatic rings. The van der Waals surface area contributed by atoms with Crippen LogP contribution in [0.15, 0.2) is 18.2 Å². The molecule has 0 saturated heterocycles. The van der Waals surface area contributed by atoms with Gasteiger partial charge >= 0.3 is 0 Å². The first-order valence-electron chi connectivity index (χ1n) is 4.70. The molecule has 5 heteroatoms. The van der Waals surface area contributed by atoms with Crippen molar-refractivity contribution in [1.82, 2.24) is 0 Å². The van der Waals surface area contributed by atoms with E-state index in [0.717, 1.165) is 0 Å². The van der Waals surface area contributed by atoms with Crippen LogP contribution in [0.3, 0.4) is 0 Å². The Balaban J connectivity index is 2.73. The normalized spacial score (nSPS) is 10.2. The summed E-state index contributed by atoms with van der Waals surface area (Å²) >= 11 is 5.84. The molecule has 0 aliphatic rings. The molecule has 86 valence electrons. The van der Waals surface area contributed by atoms with Crippen molar-refractivity contribution >= 4 is 17.3 Å². The van der Waals surface area contributed by atoms with Crippen LogP contribution in [0.25, 0.3) is 0 Å². The standard InChI is InChI=1S/C11H13ClN2O2/c1-15-11(16-2)7-14-10-5-9(12)4-3-8(10)6-13/h3-5,11,14H,7H2,1-2H3. The van der Waals surface area contributed by atoms with Crippen LogP contribution in [-0.2, 0) is 9.47 Å². The van der Waals surface area contributed by atoms with Gasteiger partial charge in [-0.2, -0.15) is 5.26 Å². The average Bonchev–Trinajstić information content (AvgIpc) is 2.30. The summed E-state index contributed by atoms with van der Waals surface area (Å²) in [5, 5.41) is 12.5. The van der Waals surface area contributed by atoms with E-state index in [1.165, 1.54) is 0 Å². The molecule has 0 saturated carbocycles. The Morgan fingerprint density at radius 2 is 2.12 bits per heavy atom. The molecule has 0 fully saturated rings. The van der Waals surface area contributed by atoms with Gasteiger partial charge in [0.2, 0.25) is 0 Å². The minimum Gasteiger partial charge on any atom is -0.379 e. The molecule has 0 aromatic heterocycles. The second kappa shape index (κ2) is 6.33. The van der Waals surface area contributed by atoms with Crippen molar-refractivity contribution in [3.8, 4) is 6.07 Å². The molecule has 4 nitrogen and oxygen atoms in total. The zero-order chi connectivity index (χ0) is 12.0. The zero-order valence-corrected chi connectivity index (χ0v) is 9.91. The molecule has 0 unspecified atom stereocenters. The largest absolute Gasteiger partial charge is 0.379 e. The first-order valence-corrected chi connectivity index (χ1v) is 5.08. The molecule has 0 amide bonds. The van der Waals surface area contributed by atoms with Gasteiger partial charge in [-0.1, -0.05) is 11.6 Å². The van der Waals surface area contributed by atoms with E-state index in [-0.39, 0.29) is 6.29 Å². The highest BCUT2D eigenvalue weighted by Crippen LogP contribution is 2.20. The summed E-state index contributed by atoms with van der Waals surface area (Å²) in [5.41, 5.74) is 1.21. The molecule has 1 aromatic carbocycles. The molecule has 0 spiro atoms. The molecule has 0 bridgehead atoms. The summed E-state index contributed by atoms with van der Waals surface area (Å²) in [6.45, 7) is 0.446. The number of anilines is 1. The van der Waals surface area contributed by atoms with Crippen molar-refractivity contribution in [2.24, 2.45) is 0 Å². The van der Waals surface area contributed by atoms with Crippen LogP contribution in [0.4, 0.5) is 5.69 Å². The SMILES string of the molecule is COC(CNc1cc(Cl)ccc1C#N)OC. The number of methoxy groups -OCH3 is 2. The third-order valence-electron chi connectivity index (χ3n) is 2.09. The van der Waals surface area contributed by atoms with Gasteiger partial charge in [0, 0.05) is 19.2 Å². The number of ether oxygens (including phenoxy) is 2. The topological polar surface area (TPSA) is 54.3 Å². The van der Waals surface area contributed by atoms with Crippen LogP contribution in [0.1, 0.15) is 5.56 Å². The molecule has 16 heavy (non-hydrogen) atoms. The maximum Gasteiger partial charge on any atom is 0.173 e. The lowest BCUT2D eigenvalue weighted by atomic mass is 10.2. The number of halogens is 1. The van der Waals surface area contributed by atoms with E-state index < -0.39 is 0 Å². The Kier molecular flexibility index (Phi) is 5.06. The molecule has 0 atom stereocenters. The maximum atomic E-state index is 8.89. The summed E-state index contributed by atoms with van der Waals surface area (Å²) < 4.78 is 10.0. The Morgan fingerprint density at radius 3 is 2.69 bits per heavy atom. The minimum atomic E-state index is -0.356. The second-order valence-corrected chi connectivity index (χ2v) is 3.52. The predicted octanol–water partition coefficient (Wildman–Crippen LogP) is 2.24. The van der Waals surface area contributed by atoms with E-state index in [1.807, 2.05) is 0 Å². The van der Waals surface area contributed by atoms with E-state index in [9.17, 15) is 0 Å². The van der Waals surface area contributed by atoms with Gasteiger partial charge in [0.05, 0.1) is 17.8 Å². The molecular weight excluding hydrogens is 228 g/mol. The number of benzene rings is 1. The molecule has 1 rings (SSSR count). The van der Waals surface area contributed by atoms with E-state index in [2.05, 4.69) is 11.4 Å². The fraction of sp³-hybridized carbons (Fsp3) is 0.364. The summed E-state index contributed by atoms with van der Waals surface area (Å²) in [4.78, 5) is 0. The van der Waals surface area contributed by atoms with Crippen molar-refractivity contribution < 1.29 is 9.47 Å². The molecular formula is C11H13ClN2O2. The molecule has 1 N–H and O–H groups in total. The highest BCUT2D eigenvalue weighted by Gasteiger charge is 2.07. The fourth-order valence-corrected chi connectivity index (χ4v) is 1.39. The van der Waals surface area contributed by atoms with Gasteiger partial charge in [-0.05, 0) is 18.2 Å². The second-order valence-electron chi connectivity index (χ2n) is 3.08. The van der Waals surface area contributed by atoms with Crippen LogP contribution >= 0.6 is 11.6 Å². The molecule has 0 radical (unpaired) electrons. The smallest absolute Gasteiger partial charge is 0.173 e. The van der Waals surface area contributed by atoms with Gasteiger partial charge < -0.3 is 14.8 Å². The molecule has 0 aliphatic heterocycles. The quantitative estimate of drug-likeness (QED) is 0.802. The Morgan fingerprint density at radius 1 is 1.44 bits per heavy atom. The summed E-state index contributed by atoms with van der Waals surface area (Å²) in [6, 6.07) is 7.12. The Bertz CT molecular complexity index is 386. The van der Waals surface area contributed by atoms with Gasteiger partial charge in [0.25, 0.3) is 0 Å². The predicted molar refractivity (Wildman–Crippen MR) is 62.5 cm³/mol. The Labute approximate surface area is 99.7 Å². The fourth-order valence-electron chi connectivity index (χ4n) is 1.22. The van der Waals surface area contributed by atoms with Crippen molar-refractivity contribution in [3.63, 3.8) is 0 Å². The average molecular weight is 241 g/mol. The van der Waals surface area contributed by atoms with Gasteiger partial charge in [0.15, 0.2) is 6.29 Å². The highest BCUT2D eigenvalue weighted by atomic mass is 35.5. The van der Waals surface area contributed by atoms with E-state index in [1.54, 1.807) is 32.4 Å². The Hall–Kier alpha value is -1.28. The van der Waals surface area contributed by atoms with Crippen LogP contribution in [0.5, 0.6) is 0 Å². The van der Waals surface area contributed by atoms with Gasteiger partial charge in [-0.15, -0.1) is 0 Å². The van der Waals surface area contributed by atoms with Gasteiger partial charge in [-0.3, -0.25) is 0 Å². The van der Waals surface area contributed by atoms with Gasteiger partial charge in [0.1, 0.15) is 6.07 Å². The van der Waals surface area contributed by atoms with E-state index in [4.69, 9.17) is 26.3 Å². The van der Waals surface area contributed by atoms with Gasteiger partial charge in [-0.25, -0.2) is 0 Å². The first kappa shape index (κ1) is 12.8. The maximum absolute atomic E-state index is 8.89. The highest BCUT2D eigenvalue weighted by molar-refractivity contribution is 6.30. The number of nitrogens with zero attached hydrogens (tertiary/aromatic N) is 1. The number of hydrogen-bond acceptors (Lipinski definition) is 4. The number of nitriles is 1. The van der Waals surface area contributed by atoms with E-state index in [0.29, 0.717) is 22.8 Å². The van der Waals surface area contributed by atoms with Crippen molar-refractivity contribution in [3.05, 3.63) is 28.8 Å². The zero-order valence-electron chi connectivity index (χ0n) is 9.16.